The van der Waals surface area contributed by atoms with Crippen LogP contribution in [0.2, 0.25) is 0 Å². The minimum Gasteiger partial charge on any atom is -0.356 e. The minimum atomic E-state index is -0.473. The Balaban J connectivity index is 1.54. The van der Waals surface area contributed by atoms with Gasteiger partial charge in [-0.2, -0.15) is 0 Å². The number of hydrogen-bond acceptors (Lipinski definition) is 2. The summed E-state index contributed by atoms with van der Waals surface area (Å²) >= 11 is 0. The largest absolute Gasteiger partial charge is 0.356 e. The molecule has 2 aliphatic rings. The van der Waals surface area contributed by atoms with Gasteiger partial charge in [0.1, 0.15) is 0 Å². The molecule has 0 aromatic heterocycles. The molecular weight excluding hydrogens is 408 g/mol. The van der Waals surface area contributed by atoms with Crippen molar-refractivity contribution in [3.63, 3.8) is 0 Å². The first kappa shape index (κ1) is 23.5. The van der Waals surface area contributed by atoms with E-state index in [0.717, 1.165) is 12.8 Å². The Morgan fingerprint density at radius 1 is 0.970 bits per heavy atom. The number of rotatable bonds is 7. The number of carbonyl (C=O) groups is 2. The van der Waals surface area contributed by atoms with Crippen LogP contribution in [0.1, 0.15) is 63.0 Å². The second-order valence-corrected chi connectivity index (χ2v) is 10.0. The van der Waals surface area contributed by atoms with Crippen molar-refractivity contribution in [2.45, 2.75) is 65.2 Å². The number of benzene rings is 2. The molecule has 33 heavy (non-hydrogen) atoms. The highest BCUT2D eigenvalue weighted by molar-refractivity contribution is 5.84. The van der Waals surface area contributed by atoms with E-state index < -0.39 is 5.41 Å². The molecule has 4 nitrogen and oxygen atoms in total. The predicted octanol–water partition coefficient (Wildman–Crippen LogP) is 5.53. The van der Waals surface area contributed by atoms with Crippen LogP contribution in [0.15, 0.2) is 48.5 Å². The maximum absolute atomic E-state index is 13.4. The van der Waals surface area contributed by atoms with Gasteiger partial charge in [0.05, 0.1) is 5.41 Å². The molecule has 1 saturated carbocycles. The summed E-state index contributed by atoms with van der Waals surface area (Å²) in [6, 6.07) is 16.9. The summed E-state index contributed by atoms with van der Waals surface area (Å²) in [5.74, 6) is 0.979. The molecule has 2 aromatic rings. The summed E-state index contributed by atoms with van der Waals surface area (Å²) in [5.41, 5.74) is 4.41. The third kappa shape index (κ3) is 5.31. The van der Waals surface area contributed by atoms with Crippen LogP contribution in [0.5, 0.6) is 0 Å². The molecule has 0 radical (unpaired) electrons. The van der Waals surface area contributed by atoms with E-state index in [1.807, 2.05) is 11.8 Å². The normalized spacial score (nSPS) is 18.3. The van der Waals surface area contributed by atoms with Gasteiger partial charge in [-0.1, -0.05) is 61.4 Å². The topological polar surface area (TPSA) is 49.4 Å². The van der Waals surface area contributed by atoms with Gasteiger partial charge in [-0.25, -0.2) is 0 Å². The molecule has 0 spiro atoms. The maximum Gasteiger partial charge on any atom is 0.226 e. The van der Waals surface area contributed by atoms with E-state index in [9.17, 15) is 9.59 Å². The van der Waals surface area contributed by atoms with E-state index in [1.54, 1.807) is 0 Å². The van der Waals surface area contributed by atoms with Crippen molar-refractivity contribution in [3.8, 4) is 11.1 Å². The van der Waals surface area contributed by atoms with Crippen LogP contribution in [-0.4, -0.2) is 36.3 Å². The second kappa shape index (κ2) is 10.5. The fraction of sp³-hybridized carbons (Fsp3) is 0.517. The SMILES string of the molecule is CCNC(=O)C1(Cc2ccccc2-c2ccccc2C)CCN(C(=O)CC2CCCC2)CC1. The molecule has 4 heteroatoms. The van der Waals surface area contributed by atoms with E-state index in [4.69, 9.17) is 0 Å². The molecule has 0 bridgehead atoms. The van der Waals surface area contributed by atoms with E-state index in [1.165, 1.54) is 47.9 Å². The van der Waals surface area contributed by atoms with Crippen molar-refractivity contribution in [1.82, 2.24) is 10.2 Å². The van der Waals surface area contributed by atoms with Crippen molar-refractivity contribution >= 4 is 11.8 Å². The zero-order chi connectivity index (χ0) is 23.3. The highest BCUT2D eigenvalue weighted by Gasteiger charge is 2.42. The number of carbonyl (C=O) groups excluding carboxylic acids is 2. The molecule has 0 atom stereocenters. The average molecular weight is 447 g/mol. The fourth-order valence-corrected chi connectivity index (χ4v) is 5.78. The zero-order valence-corrected chi connectivity index (χ0v) is 20.2. The maximum atomic E-state index is 13.4. The Kier molecular flexibility index (Phi) is 7.52. The van der Waals surface area contributed by atoms with Gasteiger partial charge in [0.25, 0.3) is 0 Å². The average Bonchev–Trinajstić information content (AvgIpc) is 3.33. The van der Waals surface area contributed by atoms with Gasteiger partial charge < -0.3 is 10.2 Å². The summed E-state index contributed by atoms with van der Waals surface area (Å²) in [5, 5.41) is 3.11. The number of amides is 2. The highest BCUT2D eigenvalue weighted by Crippen LogP contribution is 2.39. The summed E-state index contributed by atoms with van der Waals surface area (Å²) in [6.07, 6.45) is 7.74. The van der Waals surface area contributed by atoms with Crippen molar-refractivity contribution in [3.05, 3.63) is 59.7 Å². The van der Waals surface area contributed by atoms with Gasteiger partial charge in [-0.05, 0) is 74.1 Å². The Labute approximate surface area is 198 Å². The van der Waals surface area contributed by atoms with Crippen LogP contribution in [0, 0.1) is 18.3 Å². The van der Waals surface area contributed by atoms with Crippen molar-refractivity contribution < 1.29 is 9.59 Å². The first-order chi connectivity index (χ1) is 16.0. The zero-order valence-electron chi connectivity index (χ0n) is 20.2. The van der Waals surface area contributed by atoms with Crippen LogP contribution in [0.3, 0.4) is 0 Å². The third-order valence-electron chi connectivity index (χ3n) is 7.81. The Morgan fingerprint density at radius 2 is 1.61 bits per heavy atom. The number of piperidine rings is 1. The smallest absolute Gasteiger partial charge is 0.226 e. The monoisotopic (exact) mass is 446 g/mol. The minimum absolute atomic E-state index is 0.132. The predicted molar refractivity (Wildman–Crippen MR) is 134 cm³/mol. The van der Waals surface area contributed by atoms with Crippen LogP contribution in [0.4, 0.5) is 0 Å². The number of nitrogens with zero attached hydrogens (tertiary/aromatic N) is 1. The van der Waals surface area contributed by atoms with Crippen molar-refractivity contribution in [2.75, 3.05) is 19.6 Å². The molecule has 1 saturated heterocycles. The van der Waals surface area contributed by atoms with E-state index in [2.05, 4.69) is 60.8 Å². The van der Waals surface area contributed by atoms with Gasteiger partial charge in [0.2, 0.25) is 11.8 Å². The second-order valence-electron chi connectivity index (χ2n) is 10.0. The molecule has 2 fully saturated rings. The van der Waals surface area contributed by atoms with Crippen LogP contribution in [-0.2, 0) is 16.0 Å². The number of likely N-dealkylation sites (tertiary alicyclic amines) is 1. The lowest BCUT2D eigenvalue weighted by Gasteiger charge is -2.41. The molecule has 1 N–H and O–H groups in total. The van der Waals surface area contributed by atoms with Gasteiger partial charge >= 0.3 is 0 Å². The molecule has 2 amide bonds. The fourth-order valence-electron chi connectivity index (χ4n) is 5.78. The molecule has 1 heterocycles. The molecule has 4 rings (SSSR count). The van der Waals surface area contributed by atoms with Crippen LogP contribution in [0.25, 0.3) is 11.1 Å². The molecule has 176 valence electrons. The van der Waals surface area contributed by atoms with Crippen molar-refractivity contribution in [2.24, 2.45) is 11.3 Å². The number of nitrogens with one attached hydrogen (secondary N) is 1. The summed E-state index contributed by atoms with van der Waals surface area (Å²) in [6.45, 7) is 6.10. The Morgan fingerprint density at radius 3 is 2.27 bits per heavy atom. The lowest BCUT2D eigenvalue weighted by molar-refractivity contribution is -0.141. The van der Waals surface area contributed by atoms with E-state index in [-0.39, 0.29) is 11.8 Å². The van der Waals surface area contributed by atoms with Gasteiger partial charge in [0.15, 0.2) is 0 Å². The Hall–Kier alpha value is -2.62. The van der Waals surface area contributed by atoms with Gasteiger partial charge in [-0.15, -0.1) is 0 Å². The van der Waals surface area contributed by atoms with E-state index >= 15 is 0 Å². The highest BCUT2D eigenvalue weighted by atomic mass is 16.2. The molecular formula is C29H38N2O2. The molecule has 2 aromatic carbocycles. The van der Waals surface area contributed by atoms with E-state index in [0.29, 0.717) is 38.4 Å². The summed E-state index contributed by atoms with van der Waals surface area (Å²) in [4.78, 5) is 28.3. The van der Waals surface area contributed by atoms with Crippen LogP contribution < -0.4 is 5.32 Å². The molecule has 1 aliphatic carbocycles. The number of hydrogen-bond donors (Lipinski definition) is 1. The molecule has 0 unspecified atom stereocenters. The Bertz CT molecular complexity index is 969. The summed E-state index contributed by atoms with van der Waals surface area (Å²) in [7, 11) is 0. The van der Waals surface area contributed by atoms with Crippen molar-refractivity contribution in [1.29, 1.82) is 0 Å². The van der Waals surface area contributed by atoms with Gasteiger partial charge in [0, 0.05) is 26.1 Å². The molecule has 1 aliphatic heterocycles. The summed E-state index contributed by atoms with van der Waals surface area (Å²) < 4.78 is 0. The van der Waals surface area contributed by atoms with Crippen LogP contribution >= 0.6 is 0 Å². The lowest BCUT2D eigenvalue weighted by atomic mass is 9.71. The first-order valence-corrected chi connectivity index (χ1v) is 12.7. The number of aryl methyl sites for hydroxylation is 1. The first-order valence-electron chi connectivity index (χ1n) is 12.7. The third-order valence-corrected chi connectivity index (χ3v) is 7.81. The lowest BCUT2D eigenvalue weighted by Crippen LogP contribution is -2.51. The quantitative estimate of drug-likeness (QED) is 0.608. The van der Waals surface area contributed by atoms with Gasteiger partial charge in [-0.3, -0.25) is 9.59 Å². The standard InChI is InChI=1S/C29H38N2O2/c1-3-30-28(33)29(16-18-31(19-17-29)27(32)20-23-11-5-6-12-23)21-24-13-7-9-15-26(24)25-14-8-4-10-22(25)2/h4,7-10,13-15,23H,3,5-6,11-12,16-21H2,1-2H3,(H,30,33).